The highest BCUT2D eigenvalue weighted by Crippen LogP contribution is 2.39. The lowest BCUT2D eigenvalue weighted by molar-refractivity contribution is -0.111. The Bertz CT molecular complexity index is 1490. The van der Waals surface area contributed by atoms with Gasteiger partial charge in [-0.15, -0.1) is 0 Å². The van der Waals surface area contributed by atoms with E-state index in [4.69, 9.17) is 9.15 Å². The number of hydrogen-bond acceptors (Lipinski definition) is 4. The number of methoxy groups -OCH3 is 1. The first-order chi connectivity index (χ1) is 16.1. The van der Waals surface area contributed by atoms with Gasteiger partial charge in [0.05, 0.1) is 25.3 Å². The molecule has 0 fully saturated rings. The first kappa shape index (κ1) is 20.5. The largest absolute Gasteiger partial charge is 0.496 e. The Morgan fingerprint density at radius 1 is 1.00 bits per heavy atom. The number of amides is 1. The van der Waals surface area contributed by atoms with E-state index in [1.807, 2.05) is 31.2 Å². The van der Waals surface area contributed by atoms with Crippen LogP contribution in [0.3, 0.4) is 0 Å². The molecule has 0 aliphatic carbocycles. The summed E-state index contributed by atoms with van der Waals surface area (Å²) >= 11 is 0. The van der Waals surface area contributed by atoms with Gasteiger partial charge in [-0.2, -0.15) is 0 Å². The fourth-order valence-corrected chi connectivity index (χ4v) is 4.09. The number of rotatable bonds is 5. The number of fused-ring (bicyclic) bond motifs is 2. The molecule has 2 heterocycles. The lowest BCUT2D eigenvalue weighted by Gasteiger charge is -2.11. The summed E-state index contributed by atoms with van der Waals surface area (Å²) in [7, 11) is 1.61. The van der Waals surface area contributed by atoms with E-state index in [9.17, 15) is 4.79 Å². The fourth-order valence-electron chi connectivity index (χ4n) is 4.09. The first-order valence-electron chi connectivity index (χ1n) is 10.6. The predicted octanol–water partition coefficient (Wildman–Crippen LogP) is 6.70. The molecular formula is C28H22N2O3. The molecule has 2 aromatic heterocycles. The summed E-state index contributed by atoms with van der Waals surface area (Å²) in [5, 5.41) is 6.12. The molecule has 0 spiro atoms. The van der Waals surface area contributed by atoms with Crippen molar-refractivity contribution in [2.45, 2.75) is 6.92 Å². The van der Waals surface area contributed by atoms with E-state index in [0.717, 1.165) is 38.6 Å². The van der Waals surface area contributed by atoms with Gasteiger partial charge in [-0.1, -0.05) is 42.5 Å². The number of allylic oxidation sites excluding steroid dienone is 1. The van der Waals surface area contributed by atoms with Crippen LogP contribution in [0, 0.1) is 0 Å². The van der Waals surface area contributed by atoms with Crippen LogP contribution in [0.2, 0.25) is 0 Å². The van der Waals surface area contributed by atoms with Crippen LogP contribution in [-0.2, 0) is 4.79 Å². The minimum absolute atomic E-state index is 0.232. The van der Waals surface area contributed by atoms with Crippen molar-refractivity contribution in [1.82, 2.24) is 4.98 Å². The van der Waals surface area contributed by atoms with E-state index < -0.39 is 0 Å². The molecule has 0 unspecified atom stereocenters. The molecular weight excluding hydrogens is 412 g/mol. The van der Waals surface area contributed by atoms with Crippen molar-refractivity contribution in [3.63, 3.8) is 0 Å². The molecule has 5 aromatic rings. The van der Waals surface area contributed by atoms with Crippen molar-refractivity contribution in [2.24, 2.45) is 0 Å². The molecule has 0 saturated carbocycles. The summed E-state index contributed by atoms with van der Waals surface area (Å²) in [6.07, 6.45) is 6.61. The molecule has 1 amide bonds. The number of carbonyl (C=O) groups excluding carboxylic acids is 1. The van der Waals surface area contributed by atoms with Crippen LogP contribution < -0.4 is 10.1 Å². The summed E-state index contributed by atoms with van der Waals surface area (Å²) in [5.74, 6) is 0.411. The SMILES string of the molecule is COc1cc2occ(-c3cccc4ccccc34)c2cc1/C(C)=C/C(=O)Nc1cccnc1. The topological polar surface area (TPSA) is 64.4 Å². The number of furan rings is 1. The Morgan fingerprint density at radius 2 is 1.85 bits per heavy atom. The molecule has 5 nitrogen and oxygen atoms in total. The molecule has 162 valence electrons. The molecule has 33 heavy (non-hydrogen) atoms. The number of nitrogens with zero attached hydrogens (tertiary/aromatic N) is 1. The van der Waals surface area contributed by atoms with Crippen molar-refractivity contribution in [3.05, 3.63) is 97.0 Å². The zero-order valence-electron chi connectivity index (χ0n) is 18.3. The van der Waals surface area contributed by atoms with Crippen LogP contribution in [0.4, 0.5) is 5.69 Å². The molecule has 3 aromatic carbocycles. The maximum Gasteiger partial charge on any atom is 0.248 e. The van der Waals surface area contributed by atoms with Gasteiger partial charge in [0.25, 0.3) is 0 Å². The number of aromatic nitrogens is 1. The second kappa shape index (κ2) is 8.63. The van der Waals surface area contributed by atoms with Crippen molar-refractivity contribution in [3.8, 4) is 16.9 Å². The van der Waals surface area contributed by atoms with Gasteiger partial charge in [-0.05, 0) is 47.0 Å². The number of anilines is 1. The van der Waals surface area contributed by atoms with E-state index in [2.05, 4.69) is 40.6 Å². The second-order valence-electron chi connectivity index (χ2n) is 7.78. The van der Waals surface area contributed by atoms with Gasteiger partial charge < -0.3 is 14.5 Å². The number of ether oxygens (including phenoxy) is 1. The monoisotopic (exact) mass is 434 g/mol. The third kappa shape index (κ3) is 3.96. The lowest BCUT2D eigenvalue weighted by Crippen LogP contribution is -2.08. The van der Waals surface area contributed by atoms with Crippen LogP contribution in [0.25, 0.3) is 38.4 Å². The van der Waals surface area contributed by atoms with Crippen LogP contribution >= 0.6 is 0 Å². The Hall–Kier alpha value is -4.38. The fraction of sp³-hybridized carbons (Fsp3) is 0.0714. The third-order valence-electron chi connectivity index (χ3n) is 5.68. The zero-order valence-corrected chi connectivity index (χ0v) is 18.3. The Kier molecular flexibility index (Phi) is 5.37. The standard InChI is InChI=1S/C28H22N2O3/c1-18(13-28(31)30-20-9-6-12-29-16-20)23-14-24-25(17-33-27(24)15-26(23)32-2)22-11-5-8-19-7-3-4-10-21(19)22/h3-17H,1-2H3,(H,30,31)/b18-13+. The molecule has 1 N–H and O–H groups in total. The van der Waals surface area contributed by atoms with E-state index >= 15 is 0 Å². The van der Waals surface area contributed by atoms with Gasteiger partial charge in [0.2, 0.25) is 5.91 Å². The van der Waals surface area contributed by atoms with Crippen molar-refractivity contribution in [2.75, 3.05) is 12.4 Å². The Morgan fingerprint density at radius 3 is 2.67 bits per heavy atom. The molecule has 5 rings (SSSR count). The molecule has 0 radical (unpaired) electrons. The van der Waals surface area contributed by atoms with E-state index in [-0.39, 0.29) is 5.91 Å². The molecule has 0 aliphatic rings. The van der Waals surface area contributed by atoms with Gasteiger partial charge in [-0.25, -0.2) is 0 Å². The van der Waals surface area contributed by atoms with Gasteiger partial charge in [0.1, 0.15) is 11.3 Å². The first-order valence-corrected chi connectivity index (χ1v) is 10.6. The molecule has 0 atom stereocenters. The van der Waals surface area contributed by atoms with Crippen molar-refractivity contribution >= 4 is 38.9 Å². The van der Waals surface area contributed by atoms with Crippen LogP contribution in [0.5, 0.6) is 5.75 Å². The Balaban J connectivity index is 1.59. The minimum Gasteiger partial charge on any atom is -0.496 e. The normalized spacial score (nSPS) is 11.6. The highest BCUT2D eigenvalue weighted by molar-refractivity contribution is 6.07. The van der Waals surface area contributed by atoms with Crippen LogP contribution in [0.15, 0.2) is 95.9 Å². The maximum absolute atomic E-state index is 12.6. The van der Waals surface area contributed by atoms with Crippen LogP contribution in [0.1, 0.15) is 12.5 Å². The summed E-state index contributed by atoms with van der Waals surface area (Å²) in [5.41, 5.74) is 5.07. The lowest BCUT2D eigenvalue weighted by atomic mass is 9.96. The van der Waals surface area contributed by atoms with Crippen LogP contribution in [-0.4, -0.2) is 18.0 Å². The highest BCUT2D eigenvalue weighted by atomic mass is 16.5. The van der Waals surface area contributed by atoms with Gasteiger partial charge in [0.15, 0.2) is 0 Å². The third-order valence-corrected chi connectivity index (χ3v) is 5.68. The number of nitrogens with one attached hydrogen (secondary N) is 1. The number of hydrogen-bond donors (Lipinski definition) is 1. The quantitative estimate of drug-likeness (QED) is 0.313. The second-order valence-corrected chi connectivity index (χ2v) is 7.78. The average molecular weight is 434 g/mol. The van der Waals surface area contributed by atoms with Gasteiger partial charge >= 0.3 is 0 Å². The summed E-state index contributed by atoms with van der Waals surface area (Å²) in [6.45, 7) is 1.89. The van der Waals surface area contributed by atoms with E-state index in [1.165, 1.54) is 5.39 Å². The minimum atomic E-state index is -0.232. The summed E-state index contributed by atoms with van der Waals surface area (Å²) in [4.78, 5) is 16.6. The van der Waals surface area contributed by atoms with Gasteiger partial charge in [0, 0.05) is 34.9 Å². The summed E-state index contributed by atoms with van der Waals surface area (Å²) < 4.78 is 11.5. The number of pyridine rings is 1. The molecule has 0 saturated heterocycles. The summed E-state index contributed by atoms with van der Waals surface area (Å²) in [6, 6.07) is 22.0. The smallest absolute Gasteiger partial charge is 0.248 e. The maximum atomic E-state index is 12.6. The average Bonchev–Trinajstić information content (AvgIpc) is 3.26. The van der Waals surface area contributed by atoms with Gasteiger partial charge in [-0.3, -0.25) is 9.78 Å². The highest BCUT2D eigenvalue weighted by Gasteiger charge is 2.16. The zero-order chi connectivity index (χ0) is 22.8. The van der Waals surface area contributed by atoms with E-state index in [1.54, 1.807) is 44.0 Å². The molecule has 0 bridgehead atoms. The number of benzene rings is 3. The Labute approximate surface area is 191 Å². The predicted molar refractivity (Wildman–Crippen MR) is 132 cm³/mol. The number of carbonyl (C=O) groups is 1. The van der Waals surface area contributed by atoms with Crippen molar-refractivity contribution in [1.29, 1.82) is 0 Å². The van der Waals surface area contributed by atoms with Crippen molar-refractivity contribution < 1.29 is 13.9 Å². The van der Waals surface area contributed by atoms with E-state index in [0.29, 0.717) is 11.4 Å². The molecule has 0 aliphatic heterocycles. The molecule has 5 heteroatoms.